The molecule has 5 rings (SSSR count). The summed E-state index contributed by atoms with van der Waals surface area (Å²) in [7, 11) is 0. The van der Waals surface area contributed by atoms with Crippen LogP contribution in [0.1, 0.15) is 5.56 Å². The molecule has 0 spiro atoms. The molecule has 34 heavy (non-hydrogen) atoms. The molecule has 11 heteroatoms. The minimum atomic E-state index is -4.77. The number of hydrogen-bond donors (Lipinski definition) is 0. The quantitative estimate of drug-likeness (QED) is 0.349. The summed E-state index contributed by atoms with van der Waals surface area (Å²) in [6, 6.07) is 18.6. The third-order valence-electron chi connectivity index (χ3n) is 4.73. The van der Waals surface area contributed by atoms with Gasteiger partial charge < -0.3 is 9.26 Å². The van der Waals surface area contributed by atoms with E-state index in [1.165, 1.54) is 24.3 Å². The molecule has 3 aromatic heterocycles. The Labute approximate surface area is 190 Å². The topological polar surface area (TPSA) is 91.8 Å². The van der Waals surface area contributed by atoms with Crippen LogP contribution in [0.2, 0.25) is 0 Å². The van der Waals surface area contributed by atoms with Gasteiger partial charge in [-0.05, 0) is 42.0 Å². The van der Waals surface area contributed by atoms with E-state index in [0.29, 0.717) is 17.9 Å². The first kappa shape index (κ1) is 21.3. The minimum Gasteiger partial charge on any atom is -0.406 e. The van der Waals surface area contributed by atoms with Gasteiger partial charge in [0.15, 0.2) is 5.82 Å². The van der Waals surface area contributed by atoms with Crippen LogP contribution in [-0.2, 0) is 6.54 Å². The minimum absolute atomic E-state index is 0.0718. The highest BCUT2D eigenvalue weighted by atomic mass is 19.4. The van der Waals surface area contributed by atoms with Gasteiger partial charge in [0.1, 0.15) is 5.75 Å². The van der Waals surface area contributed by atoms with Crippen LogP contribution >= 0.6 is 0 Å². The van der Waals surface area contributed by atoms with Crippen LogP contribution in [0.4, 0.5) is 13.2 Å². The number of benzene rings is 2. The molecule has 170 valence electrons. The van der Waals surface area contributed by atoms with E-state index in [2.05, 4.69) is 29.9 Å². The summed E-state index contributed by atoms with van der Waals surface area (Å²) in [6.45, 7) is 0.458. The molecule has 0 saturated heterocycles. The molecule has 0 radical (unpaired) electrons. The van der Waals surface area contributed by atoms with Gasteiger partial charge >= 0.3 is 6.36 Å². The maximum Gasteiger partial charge on any atom is 0.573 e. The maximum absolute atomic E-state index is 12.4. The first-order valence-electron chi connectivity index (χ1n) is 10.0. The monoisotopic (exact) mass is 464 g/mol. The predicted octanol–water partition coefficient (Wildman–Crippen LogP) is 5.00. The van der Waals surface area contributed by atoms with Crippen molar-refractivity contribution in [2.75, 3.05) is 0 Å². The van der Waals surface area contributed by atoms with E-state index < -0.39 is 6.36 Å². The Morgan fingerprint density at radius 3 is 2.35 bits per heavy atom. The van der Waals surface area contributed by atoms with E-state index in [-0.39, 0.29) is 23.3 Å². The van der Waals surface area contributed by atoms with Crippen molar-refractivity contribution in [1.82, 2.24) is 29.9 Å². The molecule has 3 heterocycles. The van der Waals surface area contributed by atoms with Crippen molar-refractivity contribution in [1.29, 1.82) is 0 Å². The molecule has 8 nitrogen and oxygen atoms in total. The van der Waals surface area contributed by atoms with Gasteiger partial charge in [0.2, 0.25) is 11.6 Å². The van der Waals surface area contributed by atoms with Crippen molar-refractivity contribution in [2.45, 2.75) is 12.9 Å². The number of rotatable bonds is 6. The van der Waals surface area contributed by atoms with Crippen molar-refractivity contribution >= 4 is 0 Å². The zero-order chi connectivity index (χ0) is 23.5. The lowest BCUT2D eigenvalue weighted by molar-refractivity contribution is -0.274. The van der Waals surface area contributed by atoms with Gasteiger partial charge in [0, 0.05) is 23.5 Å². The van der Waals surface area contributed by atoms with E-state index in [4.69, 9.17) is 4.52 Å². The highest BCUT2D eigenvalue weighted by Crippen LogP contribution is 2.27. The number of pyridine rings is 1. The summed E-state index contributed by atoms with van der Waals surface area (Å²) in [6.07, 6.45) is -1.42. The van der Waals surface area contributed by atoms with E-state index in [0.717, 1.165) is 11.1 Å². The van der Waals surface area contributed by atoms with Gasteiger partial charge in [-0.2, -0.15) is 4.98 Å². The number of halogens is 3. The molecule has 0 aliphatic carbocycles. The Bertz CT molecular complexity index is 1380. The number of alkyl halides is 3. The van der Waals surface area contributed by atoms with E-state index in [1.807, 2.05) is 36.4 Å². The number of hydrogen-bond acceptors (Lipinski definition) is 7. The SMILES string of the molecule is FC(F)(F)Oc1ccc(-c2noc(-c3nc(-c4cccnc4)n(Cc4ccccc4)n3)n2)cc1. The molecular weight excluding hydrogens is 449 g/mol. The van der Waals surface area contributed by atoms with Crippen molar-refractivity contribution in [3.05, 3.63) is 84.7 Å². The molecular formula is C23H15F3N6O2. The summed E-state index contributed by atoms with van der Waals surface area (Å²) in [5, 5.41) is 8.46. The Morgan fingerprint density at radius 1 is 0.853 bits per heavy atom. The van der Waals surface area contributed by atoms with Crippen molar-refractivity contribution in [2.24, 2.45) is 0 Å². The van der Waals surface area contributed by atoms with Gasteiger partial charge in [-0.15, -0.1) is 18.3 Å². The zero-order valence-corrected chi connectivity index (χ0v) is 17.3. The average molecular weight is 464 g/mol. The Morgan fingerprint density at radius 2 is 1.65 bits per heavy atom. The van der Waals surface area contributed by atoms with Gasteiger partial charge in [0.25, 0.3) is 5.89 Å². The van der Waals surface area contributed by atoms with Gasteiger partial charge in [0.05, 0.1) is 6.54 Å². The number of nitrogens with zero attached hydrogens (tertiary/aromatic N) is 6. The molecule has 0 unspecified atom stereocenters. The second-order valence-electron chi connectivity index (χ2n) is 7.14. The molecule has 0 saturated carbocycles. The van der Waals surface area contributed by atoms with E-state index >= 15 is 0 Å². The Balaban J connectivity index is 1.45. The average Bonchev–Trinajstić information content (AvgIpc) is 3.48. The second kappa shape index (κ2) is 8.77. The fourth-order valence-electron chi connectivity index (χ4n) is 3.25. The summed E-state index contributed by atoms with van der Waals surface area (Å²) in [5.74, 6) is 0.687. The normalized spacial score (nSPS) is 11.5. The first-order chi connectivity index (χ1) is 16.4. The van der Waals surface area contributed by atoms with Crippen LogP contribution in [-0.4, -0.2) is 36.3 Å². The Hall–Kier alpha value is -4.54. The third-order valence-corrected chi connectivity index (χ3v) is 4.73. The highest BCUT2D eigenvalue weighted by molar-refractivity contribution is 5.60. The molecule has 0 atom stereocenters. The van der Waals surface area contributed by atoms with Crippen LogP contribution in [0.3, 0.4) is 0 Å². The molecule has 0 aliphatic rings. The van der Waals surface area contributed by atoms with Crippen molar-refractivity contribution < 1.29 is 22.4 Å². The Kier molecular flexibility index (Phi) is 5.50. The van der Waals surface area contributed by atoms with Crippen LogP contribution in [0.15, 0.2) is 83.6 Å². The third kappa shape index (κ3) is 4.77. The molecule has 0 bridgehead atoms. The van der Waals surface area contributed by atoms with Crippen LogP contribution in [0, 0.1) is 0 Å². The lowest BCUT2D eigenvalue weighted by atomic mass is 10.2. The molecule has 5 aromatic rings. The zero-order valence-electron chi connectivity index (χ0n) is 17.3. The number of ether oxygens (including phenoxy) is 1. The highest BCUT2D eigenvalue weighted by Gasteiger charge is 2.31. The smallest absolute Gasteiger partial charge is 0.406 e. The largest absolute Gasteiger partial charge is 0.573 e. The molecule has 0 aliphatic heterocycles. The predicted molar refractivity (Wildman–Crippen MR) is 114 cm³/mol. The van der Waals surface area contributed by atoms with Gasteiger partial charge in [-0.3, -0.25) is 4.98 Å². The van der Waals surface area contributed by atoms with Crippen LogP contribution in [0.25, 0.3) is 34.5 Å². The lowest BCUT2D eigenvalue weighted by Crippen LogP contribution is -2.16. The summed E-state index contributed by atoms with van der Waals surface area (Å²) in [4.78, 5) is 13.0. The van der Waals surface area contributed by atoms with Gasteiger partial charge in [-0.25, -0.2) is 9.67 Å². The summed E-state index contributed by atoms with van der Waals surface area (Å²) >= 11 is 0. The van der Waals surface area contributed by atoms with Crippen LogP contribution in [0.5, 0.6) is 5.75 Å². The van der Waals surface area contributed by atoms with Gasteiger partial charge in [-0.1, -0.05) is 35.5 Å². The number of aromatic nitrogens is 6. The molecule has 0 fully saturated rings. The van der Waals surface area contributed by atoms with Crippen molar-refractivity contribution in [3.63, 3.8) is 0 Å². The van der Waals surface area contributed by atoms with Crippen molar-refractivity contribution in [3.8, 4) is 40.2 Å². The van der Waals surface area contributed by atoms with E-state index in [9.17, 15) is 13.2 Å². The van der Waals surface area contributed by atoms with Crippen LogP contribution < -0.4 is 4.74 Å². The standard InChI is InChI=1S/C23H15F3N6O2/c24-23(25,26)33-18-10-8-16(9-11-18)19-29-22(34-31-19)20-28-21(17-7-4-12-27-13-17)32(30-20)14-15-5-2-1-3-6-15/h1-13H,14H2. The molecule has 2 aromatic carbocycles. The first-order valence-corrected chi connectivity index (χ1v) is 10.0. The lowest BCUT2D eigenvalue weighted by Gasteiger charge is -2.08. The summed E-state index contributed by atoms with van der Waals surface area (Å²) < 4.78 is 48.0. The fourth-order valence-corrected chi connectivity index (χ4v) is 3.25. The maximum atomic E-state index is 12.4. The summed E-state index contributed by atoms with van der Waals surface area (Å²) in [5.41, 5.74) is 2.23. The molecule has 0 N–H and O–H groups in total. The fraction of sp³-hybridized carbons (Fsp3) is 0.0870. The van der Waals surface area contributed by atoms with E-state index in [1.54, 1.807) is 23.1 Å². The molecule has 0 amide bonds. The second-order valence-corrected chi connectivity index (χ2v) is 7.14.